The summed E-state index contributed by atoms with van der Waals surface area (Å²) in [5.41, 5.74) is 8.26. The second-order valence-electron chi connectivity index (χ2n) is 5.05. The average Bonchev–Trinajstić information content (AvgIpc) is 2.40. The number of rotatable bonds is 5. The molecule has 0 amide bonds. The number of aromatic nitrogens is 1. The number of nitrogens with two attached hydrogens (primary N) is 1. The van der Waals surface area contributed by atoms with Gasteiger partial charge in [-0.25, -0.2) is 4.98 Å². The molecule has 2 N–H and O–H groups in total. The molecule has 0 fully saturated rings. The highest BCUT2D eigenvalue weighted by Gasteiger charge is 2.04. The van der Waals surface area contributed by atoms with Crippen molar-refractivity contribution in [2.75, 3.05) is 11.9 Å². The summed E-state index contributed by atoms with van der Waals surface area (Å²) in [4.78, 5) is 6.64. The van der Waals surface area contributed by atoms with E-state index in [1.807, 2.05) is 19.2 Å². The van der Waals surface area contributed by atoms with Gasteiger partial charge in [0.25, 0.3) is 0 Å². The monoisotopic (exact) mass is 255 g/mol. The Morgan fingerprint density at radius 2 is 1.84 bits per heavy atom. The first-order valence-corrected chi connectivity index (χ1v) is 6.60. The minimum atomic E-state index is 0.176. The molecule has 0 aliphatic heterocycles. The molecule has 1 atom stereocenters. The molecule has 0 bridgehead atoms. The Hall–Kier alpha value is -1.87. The summed E-state index contributed by atoms with van der Waals surface area (Å²) >= 11 is 0. The van der Waals surface area contributed by atoms with Crippen LogP contribution in [0.4, 0.5) is 5.82 Å². The third-order valence-electron chi connectivity index (χ3n) is 3.02. The third-order valence-corrected chi connectivity index (χ3v) is 3.02. The van der Waals surface area contributed by atoms with Crippen molar-refractivity contribution in [1.29, 1.82) is 0 Å². The zero-order chi connectivity index (χ0) is 13.7. The van der Waals surface area contributed by atoms with Crippen molar-refractivity contribution in [1.82, 2.24) is 4.98 Å². The van der Waals surface area contributed by atoms with E-state index >= 15 is 0 Å². The molecular weight excluding hydrogens is 234 g/mol. The van der Waals surface area contributed by atoms with Gasteiger partial charge in [-0.05, 0) is 30.5 Å². The van der Waals surface area contributed by atoms with Crippen LogP contribution in [0, 0.1) is 0 Å². The van der Waals surface area contributed by atoms with Gasteiger partial charge in [-0.1, -0.05) is 36.4 Å². The Kier molecular flexibility index (Phi) is 4.53. The Morgan fingerprint density at radius 3 is 2.42 bits per heavy atom. The van der Waals surface area contributed by atoms with E-state index in [0.29, 0.717) is 0 Å². The largest absolute Gasteiger partial charge is 0.355 e. The zero-order valence-electron chi connectivity index (χ0n) is 11.6. The normalized spacial score (nSPS) is 12.2. The van der Waals surface area contributed by atoms with Gasteiger partial charge in [0.05, 0.1) is 0 Å². The van der Waals surface area contributed by atoms with Gasteiger partial charge in [0.2, 0.25) is 0 Å². The van der Waals surface area contributed by atoms with Crippen molar-refractivity contribution in [3.8, 4) is 0 Å². The van der Waals surface area contributed by atoms with E-state index in [1.165, 1.54) is 11.1 Å². The number of nitrogens with zero attached hydrogens (tertiary/aromatic N) is 2. The smallest absolute Gasteiger partial charge is 0.128 e. The Labute approximate surface area is 115 Å². The van der Waals surface area contributed by atoms with Gasteiger partial charge in [0, 0.05) is 25.8 Å². The van der Waals surface area contributed by atoms with Gasteiger partial charge in [-0.15, -0.1) is 0 Å². The maximum Gasteiger partial charge on any atom is 0.128 e. The molecule has 3 nitrogen and oxygen atoms in total. The lowest BCUT2D eigenvalue weighted by Crippen LogP contribution is -2.19. The second-order valence-corrected chi connectivity index (χ2v) is 5.05. The fraction of sp³-hybridized carbons (Fsp3) is 0.312. The predicted molar refractivity (Wildman–Crippen MR) is 80.1 cm³/mol. The first-order chi connectivity index (χ1) is 9.15. The van der Waals surface area contributed by atoms with E-state index in [-0.39, 0.29) is 6.04 Å². The predicted octanol–water partition coefficient (Wildman–Crippen LogP) is 2.61. The molecule has 19 heavy (non-hydrogen) atoms. The highest BCUT2D eigenvalue weighted by Crippen LogP contribution is 2.13. The Balaban J connectivity index is 2.01. The second kappa shape index (κ2) is 6.34. The molecule has 0 saturated heterocycles. The van der Waals surface area contributed by atoms with Crippen LogP contribution in [0.3, 0.4) is 0 Å². The van der Waals surface area contributed by atoms with Gasteiger partial charge in [0.15, 0.2) is 0 Å². The molecule has 1 unspecified atom stereocenters. The highest BCUT2D eigenvalue weighted by molar-refractivity contribution is 5.39. The van der Waals surface area contributed by atoms with E-state index in [2.05, 4.69) is 53.3 Å². The van der Waals surface area contributed by atoms with Gasteiger partial charge >= 0.3 is 0 Å². The van der Waals surface area contributed by atoms with Crippen molar-refractivity contribution in [2.24, 2.45) is 5.73 Å². The Morgan fingerprint density at radius 1 is 1.11 bits per heavy atom. The van der Waals surface area contributed by atoms with Crippen LogP contribution in [0.2, 0.25) is 0 Å². The summed E-state index contributed by atoms with van der Waals surface area (Å²) < 4.78 is 0. The maximum absolute atomic E-state index is 5.79. The lowest BCUT2D eigenvalue weighted by atomic mass is 10.1. The summed E-state index contributed by atoms with van der Waals surface area (Å²) in [6.45, 7) is 2.87. The van der Waals surface area contributed by atoms with Crippen LogP contribution in [0.25, 0.3) is 0 Å². The van der Waals surface area contributed by atoms with Crippen molar-refractivity contribution < 1.29 is 0 Å². The molecule has 1 aromatic heterocycles. The molecule has 0 spiro atoms. The molecule has 1 aromatic carbocycles. The number of benzene rings is 1. The van der Waals surface area contributed by atoms with Crippen molar-refractivity contribution in [3.05, 3.63) is 59.8 Å². The van der Waals surface area contributed by atoms with Crippen LogP contribution < -0.4 is 10.6 Å². The lowest BCUT2D eigenvalue weighted by Gasteiger charge is -2.18. The first-order valence-electron chi connectivity index (χ1n) is 6.60. The van der Waals surface area contributed by atoms with E-state index in [0.717, 1.165) is 18.8 Å². The van der Waals surface area contributed by atoms with Crippen molar-refractivity contribution in [3.63, 3.8) is 0 Å². The van der Waals surface area contributed by atoms with Crippen molar-refractivity contribution >= 4 is 5.82 Å². The first kappa shape index (κ1) is 13.6. The zero-order valence-corrected chi connectivity index (χ0v) is 11.6. The molecule has 0 saturated carbocycles. The number of hydrogen-bond acceptors (Lipinski definition) is 3. The summed E-state index contributed by atoms with van der Waals surface area (Å²) in [6, 6.07) is 14.7. The molecule has 0 aliphatic carbocycles. The van der Waals surface area contributed by atoms with Gasteiger partial charge in [-0.3, -0.25) is 0 Å². The maximum atomic E-state index is 5.79. The van der Waals surface area contributed by atoms with Crippen molar-refractivity contribution in [2.45, 2.75) is 25.9 Å². The van der Waals surface area contributed by atoms with Gasteiger partial charge in [-0.2, -0.15) is 0 Å². The van der Waals surface area contributed by atoms with E-state index in [1.54, 1.807) is 0 Å². The third kappa shape index (κ3) is 4.07. The average molecular weight is 255 g/mol. The summed E-state index contributed by atoms with van der Waals surface area (Å²) in [5.74, 6) is 0.984. The SMILES string of the molecule is CC(N)Cc1ccc(N(C)Cc2ccccc2)nc1. The number of hydrogen-bond donors (Lipinski definition) is 1. The fourth-order valence-corrected chi connectivity index (χ4v) is 2.07. The molecule has 1 heterocycles. The van der Waals surface area contributed by atoms with Gasteiger partial charge < -0.3 is 10.6 Å². The van der Waals surface area contributed by atoms with Crippen LogP contribution in [0.1, 0.15) is 18.1 Å². The Bertz CT molecular complexity index is 491. The molecule has 0 radical (unpaired) electrons. The molecule has 0 aliphatic rings. The van der Waals surface area contributed by atoms with E-state index in [4.69, 9.17) is 5.73 Å². The fourth-order valence-electron chi connectivity index (χ4n) is 2.07. The summed E-state index contributed by atoms with van der Waals surface area (Å²) in [6.07, 6.45) is 2.79. The molecular formula is C16H21N3. The van der Waals surface area contributed by atoms with Crippen LogP contribution >= 0.6 is 0 Å². The molecule has 2 aromatic rings. The van der Waals surface area contributed by atoms with E-state index < -0.39 is 0 Å². The quantitative estimate of drug-likeness (QED) is 0.893. The lowest BCUT2D eigenvalue weighted by molar-refractivity contribution is 0.735. The molecule has 100 valence electrons. The van der Waals surface area contributed by atoms with Crippen LogP contribution in [-0.4, -0.2) is 18.1 Å². The van der Waals surface area contributed by atoms with Crippen LogP contribution in [0.15, 0.2) is 48.7 Å². The minimum Gasteiger partial charge on any atom is -0.355 e. The number of pyridine rings is 1. The van der Waals surface area contributed by atoms with E-state index in [9.17, 15) is 0 Å². The van der Waals surface area contributed by atoms with Crippen LogP contribution in [-0.2, 0) is 13.0 Å². The molecule has 2 rings (SSSR count). The topological polar surface area (TPSA) is 42.1 Å². The minimum absolute atomic E-state index is 0.176. The summed E-state index contributed by atoms with van der Waals surface area (Å²) in [5, 5.41) is 0. The van der Waals surface area contributed by atoms with Crippen LogP contribution in [0.5, 0.6) is 0 Å². The van der Waals surface area contributed by atoms with Gasteiger partial charge in [0.1, 0.15) is 5.82 Å². The number of anilines is 1. The summed E-state index contributed by atoms with van der Waals surface area (Å²) in [7, 11) is 2.06. The highest BCUT2D eigenvalue weighted by atomic mass is 15.2. The standard InChI is InChI=1S/C16H21N3/c1-13(17)10-15-8-9-16(18-11-15)19(2)12-14-6-4-3-5-7-14/h3-9,11,13H,10,12,17H2,1-2H3. The molecule has 3 heteroatoms.